The number of nitrogens with zero attached hydrogens (tertiary/aromatic N) is 1. The highest BCUT2D eigenvalue weighted by Gasteiger charge is 2.36. The molecule has 2 aliphatic rings. The summed E-state index contributed by atoms with van der Waals surface area (Å²) in [4.78, 5) is 14.6. The van der Waals surface area contributed by atoms with E-state index in [0.717, 1.165) is 11.3 Å². The molecule has 20 heavy (non-hydrogen) atoms. The van der Waals surface area contributed by atoms with Gasteiger partial charge in [0.25, 0.3) is 0 Å². The van der Waals surface area contributed by atoms with Crippen LogP contribution in [0.4, 0.5) is 0 Å². The fraction of sp³-hybridized carbons (Fsp3) is 0.533. The van der Waals surface area contributed by atoms with Gasteiger partial charge in [-0.25, -0.2) is 0 Å². The SMILES string of the molecule is CC1CN(C(=O)C2COc3ccccc32)CC(CN)O1. The highest BCUT2D eigenvalue weighted by molar-refractivity contribution is 5.85. The zero-order valence-electron chi connectivity index (χ0n) is 11.6. The van der Waals surface area contributed by atoms with E-state index in [2.05, 4.69) is 0 Å². The summed E-state index contributed by atoms with van der Waals surface area (Å²) in [5, 5.41) is 0. The highest BCUT2D eigenvalue weighted by atomic mass is 16.5. The van der Waals surface area contributed by atoms with Gasteiger partial charge in [-0.05, 0) is 13.0 Å². The van der Waals surface area contributed by atoms with Gasteiger partial charge in [0.15, 0.2) is 0 Å². The maximum atomic E-state index is 12.7. The molecule has 1 aromatic rings. The molecule has 1 amide bonds. The quantitative estimate of drug-likeness (QED) is 0.865. The maximum Gasteiger partial charge on any atom is 0.233 e. The lowest BCUT2D eigenvalue weighted by atomic mass is 9.99. The standard InChI is InChI=1S/C15H20N2O3/c1-10-7-17(8-11(6-16)20-10)15(18)13-9-19-14-5-3-2-4-12(13)14/h2-5,10-11,13H,6-9,16H2,1H3. The van der Waals surface area contributed by atoms with Crippen LogP contribution in [0.2, 0.25) is 0 Å². The third-order valence-electron chi connectivity index (χ3n) is 3.90. The second-order valence-electron chi connectivity index (χ2n) is 5.45. The van der Waals surface area contributed by atoms with Gasteiger partial charge in [-0.2, -0.15) is 0 Å². The molecule has 5 heteroatoms. The summed E-state index contributed by atoms with van der Waals surface area (Å²) in [6.45, 7) is 4.02. The fourth-order valence-corrected chi connectivity index (χ4v) is 2.94. The molecule has 1 fully saturated rings. The topological polar surface area (TPSA) is 64.8 Å². The molecular formula is C15H20N2O3. The van der Waals surface area contributed by atoms with Gasteiger partial charge in [0.1, 0.15) is 18.3 Å². The van der Waals surface area contributed by atoms with Crippen molar-refractivity contribution in [3.63, 3.8) is 0 Å². The van der Waals surface area contributed by atoms with Crippen molar-refractivity contribution in [2.75, 3.05) is 26.2 Å². The smallest absolute Gasteiger partial charge is 0.233 e. The molecule has 3 rings (SSSR count). The number of hydrogen-bond donors (Lipinski definition) is 1. The van der Waals surface area contributed by atoms with Crippen molar-refractivity contribution >= 4 is 5.91 Å². The lowest BCUT2D eigenvalue weighted by Gasteiger charge is -2.37. The van der Waals surface area contributed by atoms with Crippen LogP contribution < -0.4 is 10.5 Å². The Hall–Kier alpha value is -1.59. The summed E-state index contributed by atoms with van der Waals surface area (Å²) in [5.74, 6) is 0.737. The van der Waals surface area contributed by atoms with Crippen molar-refractivity contribution in [3.05, 3.63) is 29.8 Å². The highest BCUT2D eigenvalue weighted by Crippen LogP contribution is 2.35. The van der Waals surface area contributed by atoms with Crippen molar-refractivity contribution in [1.82, 2.24) is 4.90 Å². The summed E-state index contributed by atoms with van der Waals surface area (Å²) < 4.78 is 11.3. The monoisotopic (exact) mass is 276 g/mol. The second-order valence-corrected chi connectivity index (χ2v) is 5.45. The minimum Gasteiger partial charge on any atom is -0.492 e. The molecule has 3 atom stereocenters. The molecule has 1 aromatic carbocycles. The van der Waals surface area contributed by atoms with Crippen LogP contribution in [0.3, 0.4) is 0 Å². The van der Waals surface area contributed by atoms with Crippen molar-refractivity contribution in [2.24, 2.45) is 5.73 Å². The van der Waals surface area contributed by atoms with E-state index in [0.29, 0.717) is 26.2 Å². The molecule has 1 saturated heterocycles. The van der Waals surface area contributed by atoms with E-state index >= 15 is 0 Å². The van der Waals surface area contributed by atoms with Crippen LogP contribution in [0, 0.1) is 0 Å². The largest absolute Gasteiger partial charge is 0.492 e. The van der Waals surface area contributed by atoms with Crippen LogP contribution in [0.25, 0.3) is 0 Å². The van der Waals surface area contributed by atoms with E-state index < -0.39 is 0 Å². The average molecular weight is 276 g/mol. The first kappa shape index (κ1) is 13.4. The third kappa shape index (κ3) is 2.39. The van der Waals surface area contributed by atoms with Crippen LogP contribution in [0.1, 0.15) is 18.4 Å². The number of nitrogens with two attached hydrogens (primary N) is 1. The van der Waals surface area contributed by atoms with Gasteiger partial charge >= 0.3 is 0 Å². The number of fused-ring (bicyclic) bond motifs is 1. The third-order valence-corrected chi connectivity index (χ3v) is 3.90. The Kier molecular flexibility index (Phi) is 3.63. The van der Waals surface area contributed by atoms with Crippen molar-refractivity contribution in [2.45, 2.75) is 25.0 Å². The van der Waals surface area contributed by atoms with E-state index in [1.165, 1.54) is 0 Å². The van der Waals surface area contributed by atoms with Crippen molar-refractivity contribution < 1.29 is 14.3 Å². The molecule has 2 N–H and O–H groups in total. The summed E-state index contributed by atoms with van der Waals surface area (Å²) >= 11 is 0. The number of morpholine rings is 1. The second kappa shape index (κ2) is 5.42. The Balaban J connectivity index is 1.76. The van der Waals surface area contributed by atoms with Crippen LogP contribution in [0.15, 0.2) is 24.3 Å². The van der Waals surface area contributed by atoms with Gasteiger partial charge < -0.3 is 20.1 Å². The molecule has 2 aliphatic heterocycles. The molecule has 0 saturated carbocycles. The lowest BCUT2D eigenvalue weighted by Crippen LogP contribution is -2.52. The Morgan fingerprint density at radius 1 is 1.40 bits per heavy atom. The average Bonchev–Trinajstić information content (AvgIpc) is 2.89. The predicted molar refractivity (Wildman–Crippen MR) is 74.6 cm³/mol. The first-order valence-corrected chi connectivity index (χ1v) is 7.05. The van der Waals surface area contributed by atoms with Crippen LogP contribution in [0.5, 0.6) is 5.75 Å². The molecule has 108 valence electrons. The number of amides is 1. The summed E-state index contributed by atoms with van der Waals surface area (Å²) in [7, 11) is 0. The normalized spacial score (nSPS) is 28.9. The summed E-state index contributed by atoms with van der Waals surface area (Å²) in [6, 6.07) is 7.74. The van der Waals surface area contributed by atoms with Crippen LogP contribution in [-0.4, -0.2) is 49.3 Å². The zero-order chi connectivity index (χ0) is 14.1. The molecule has 0 spiro atoms. The molecule has 0 radical (unpaired) electrons. The lowest BCUT2D eigenvalue weighted by molar-refractivity contribution is -0.145. The van der Waals surface area contributed by atoms with Crippen molar-refractivity contribution in [1.29, 1.82) is 0 Å². The van der Waals surface area contributed by atoms with Gasteiger partial charge in [0.2, 0.25) is 5.91 Å². The molecule has 0 bridgehead atoms. The van der Waals surface area contributed by atoms with Crippen LogP contribution in [-0.2, 0) is 9.53 Å². The predicted octanol–water partition coefficient (Wildman–Crippen LogP) is 0.737. The van der Waals surface area contributed by atoms with E-state index in [9.17, 15) is 4.79 Å². The molecule has 3 unspecified atom stereocenters. The molecular weight excluding hydrogens is 256 g/mol. The number of ether oxygens (including phenoxy) is 2. The van der Waals surface area contributed by atoms with E-state index in [1.54, 1.807) is 0 Å². The van der Waals surface area contributed by atoms with Gasteiger partial charge in [-0.1, -0.05) is 18.2 Å². The number of para-hydroxylation sites is 1. The minimum atomic E-state index is -0.199. The van der Waals surface area contributed by atoms with E-state index in [-0.39, 0.29) is 24.0 Å². The van der Waals surface area contributed by atoms with Gasteiger partial charge in [0.05, 0.1) is 12.2 Å². The number of carbonyl (C=O) groups is 1. The molecule has 2 heterocycles. The van der Waals surface area contributed by atoms with Crippen LogP contribution >= 0.6 is 0 Å². The Morgan fingerprint density at radius 2 is 2.20 bits per heavy atom. The zero-order valence-corrected chi connectivity index (χ0v) is 11.6. The fourth-order valence-electron chi connectivity index (χ4n) is 2.94. The van der Waals surface area contributed by atoms with Crippen molar-refractivity contribution in [3.8, 4) is 5.75 Å². The van der Waals surface area contributed by atoms with E-state index in [4.69, 9.17) is 15.2 Å². The number of carbonyl (C=O) groups excluding carboxylic acids is 1. The maximum absolute atomic E-state index is 12.7. The first-order chi connectivity index (χ1) is 9.69. The summed E-state index contributed by atoms with van der Waals surface area (Å²) in [6.07, 6.45) is -0.0425. The number of hydrogen-bond acceptors (Lipinski definition) is 4. The number of benzene rings is 1. The Morgan fingerprint density at radius 3 is 3.00 bits per heavy atom. The molecule has 5 nitrogen and oxygen atoms in total. The van der Waals surface area contributed by atoms with E-state index in [1.807, 2.05) is 36.1 Å². The Bertz CT molecular complexity index is 506. The Labute approximate surface area is 118 Å². The van der Waals surface area contributed by atoms with Gasteiger partial charge in [-0.3, -0.25) is 4.79 Å². The van der Waals surface area contributed by atoms with Gasteiger partial charge in [-0.15, -0.1) is 0 Å². The summed E-state index contributed by atoms with van der Waals surface area (Å²) in [5.41, 5.74) is 6.66. The molecule has 0 aliphatic carbocycles. The minimum absolute atomic E-state index is 0.0267. The molecule has 0 aromatic heterocycles. The van der Waals surface area contributed by atoms with Gasteiger partial charge in [0, 0.05) is 25.2 Å². The first-order valence-electron chi connectivity index (χ1n) is 7.05. The number of rotatable bonds is 2.